The Balaban J connectivity index is 1.99. The van der Waals surface area contributed by atoms with E-state index in [0.717, 1.165) is 10.0 Å². The van der Waals surface area contributed by atoms with E-state index in [1.807, 2.05) is 24.3 Å². The molecular formula is C16H13BrO3. The second-order valence-electron chi connectivity index (χ2n) is 4.62. The fourth-order valence-electron chi connectivity index (χ4n) is 2.34. The fourth-order valence-corrected chi connectivity index (χ4v) is 2.88. The van der Waals surface area contributed by atoms with Gasteiger partial charge >= 0.3 is 0 Å². The molecule has 2 aromatic rings. The van der Waals surface area contributed by atoms with Gasteiger partial charge in [0.05, 0.1) is 19.1 Å². The molecule has 0 fully saturated rings. The van der Waals surface area contributed by atoms with Crippen molar-refractivity contribution in [3.63, 3.8) is 0 Å². The van der Waals surface area contributed by atoms with E-state index in [4.69, 9.17) is 9.47 Å². The molecule has 1 aliphatic rings. The van der Waals surface area contributed by atoms with Crippen molar-refractivity contribution in [3.05, 3.63) is 58.1 Å². The maximum Gasteiger partial charge on any atom is 0.170 e. The molecule has 0 aromatic heterocycles. The molecule has 1 heterocycles. The van der Waals surface area contributed by atoms with E-state index < -0.39 is 0 Å². The predicted octanol–water partition coefficient (Wildman–Crippen LogP) is 4.16. The maximum atomic E-state index is 12.2. The molecule has 102 valence electrons. The van der Waals surface area contributed by atoms with Crippen molar-refractivity contribution < 1.29 is 14.3 Å². The highest BCUT2D eigenvalue weighted by atomic mass is 79.9. The lowest BCUT2D eigenvalue weighted by Gasteiger charge is -2.26. The van der Waals surface area contributed by atoms with Gasteiger partial charge in [0.1, 0.15) is 17.6 Å². The summed E-state index contributed by atoms with van der Waals surface area (Å²) in [6.07, 6.45) is 0.0831. The van der Waals surface area contributed by atoms with Crippen molar-refractivity contribution in [1.29, 1.82) is 0 Å². The molecule has 20 heavy (non-hydrogen) atoms. The van der Waals surface area contributed by atoms with Crippen LogP contribution in [0.3, 0.4) is 0 Å². The number of carbonyl (C=O) groups is 1. The molecule has 0 bridgehead atoms. The third-order valence-electron chi connectivity index (χ3n) is 3.38. The first-order chi connectivity index (χ1) is 9.69. The van der Waals surface area contributed by atoms with E-state index in [1.54, 1.807) is 25.3 Å². The van der Waals surface area contributed by atoms with E-state index in [-0.39, 0.29) is 11.9 Å². The number of halogens is 1. The van der Waals surface area contributed by atoms with Gasteiger partial charge in [0.25, 0.3) is 0 Å². The van der Waals surface area contributed by atoms with E-state index in [0.29, 0.717) is 23.5 Å². The first-order valence-corrected chi connectivity index (χ1v) is 7.10. The first kappa shape index (κ1) is 13.2. The normalized spacial score (nSPS) is 17.3. The quantitative estimate of drug-likeness (QED) is 0.828. The van der Waals surface area contributed by atoms with Crippen molar-refractivity contribution in [2.75, 3.05) is 7.11 Å². The van der Waals surface area contributed by atoms with Gasteiger partial charge in [-0.05, 0) is 18.2 Å². The summed E-state index contributed by atoms with van der Waals surface area (Å²) < 4.78 is 12.1. The molecule has 0 saturated carbocycles. The van der Waals surface area contributed by atoms with Crippen LogP contribution in [0.25, 0.3) is 0 Å². The number of methoxy groups -OCH3 is 1. The first-order valence-electron chi connectivity index (χ1n) is 6.31. The summed E-state index contributed by atoms with van der Waals surface area (Å²) in [5.41, 5.74) is 1.60. The highest BCUT2D eigenvalue weighted by molar-refractivity contribution is 9.10. The number of hydrogen-bond donors (Lipinski definition) is 0. The number of carbonyl (C=O) groups excluding carboxylic acids is 1. The van der Waals surface area contributed by atoms with Crippen LogP contribution in [0.15, 0.2) is 46.9 Å². The lowest BCUT2D eigenvalue weighted by Crippen LogP contribution is -2.20. The number of hydrogen-bond acceptors (Lipinski definition) is 3. The average Bonchev–Trinajstić information content (AvgIpc) is 2.47. The summed E-state index contributed by atoms with van der Waals surface area (Å²) in [6, 6.07) is 13.1. The summed E-state index contributed by atoms with van der Waals surface area (Å²) in [5.74, 6) is 1.36. The maximum absolute atomic E-state index is 12.2. The van der Waals surface area contributed by atoms with E-state index >= 15 is 0 Å². The van der Waals surface area contributed by atoms with Gasteiger partial charge in [-0.25, -0.2) is 0 Å². The van der Waals surface area contributed by atoms with Gasteiger partial charge in [-0.15, -0.1) is 0 Å². The minimum atomic E-state index is -0.266. The van der Waals surface area contributed by atoms with E-state index in [9.17, 15) is 4.79 Å². The summed E-state index contributed by atoms with van der Waals surface area (Å²) >= 11 is 3.50. The monoisotopic (exact) mass is 332 g/mol. The largest absolute Gasteiger partial charge is 0.497 e. The Morgan fingerprint density at radius 1 is 1.25 bits per heavy atom. The van der Waals surface area contributed by atoms with Crippen molar-refractivity contribution in [2.24, 2.45) is 0 Å². The number of ketones is 1. The molecular weight excluding hydrogens is 320 g/mol. The van der Waals surface area contributed by atoms with Gasteiger partial charge in [0, 0.05) is 16.1 Å². The number of benzene rings is 2. The number of Topliss-reactive ketones (excluding diaryl/α,β-unsaturated/α-hetero) is 1. The summed E-state index contributed by atoms with van der Waals surface area (Å²) in [4.78, 5) is 12.2. The van der Waals surface area contributed by atoms with Gasteiger partial charge in [-0.3, -0.25) is 4.79 Å². The lowest BCUT2D eigenvalue weighted by atomic mass is 9.96. The molecule has 2 aromatic carbocycles. The van der Waals surface area contributed by atoms with Crippen LogP contribution in [0.4, 0.5) is 0 Å². The standard InChI is InChI=1S/C16H13BrO3/c1-19-10-6-7-12-14(18)9-16(20-15(12)8-10)11-4-2-3-5-13(11)17/h2-8,16H,9H2,1H3. The average molecular weight is 333 g/mol. The Labute approximate surface area is 125 Å². The summed E-state index contributed by atoms with van der Waals surface area (Å²) in [6.45, 7) is 0. The Morgan fingerprint density at radius 2 is 2.05 bits per heavy atom. The zero-order valence-corrected chi connectivity index (χ0v) is 12.5. The zero-order chi connectivity index (χ0) is 14.1. The van der Waals surface area contributed by atoms with Crippen LogP contribution < -0.4 is 9.47 Å². The Morgan fingerprint density at radius 3 is 2.80 bits per heavy atom. The van der Waals surface area contributed by atoms with Gasteiger partial charge in [0.2, 0.25) is 0 Å². The van der Waals surface area contributed by atoms with Crippen LogP contribution in [0, 0.1) is 0 Å². The van der Waals surface area contributed by atoms with Crippen molar-refractivity contribution >= 4 is 21.7 Å². The molecule has 3 rings (SSSR count). The van der Waals surface area contributed by atoms with Crippen molar-refractivity contribution in [1.82, 2.24) is 0 Å². The van der Waals surface area contributed by atoms with Crippen LogP contribution in [0.2, 0.25) is 0 Å². The van der Waals surface area contributed by atoms with Crippen LogP contribution in [0.5, 0.6) is 11.5 Å². The van der Waals surface area contributed by atoms with Crippen LogP contribution in [-0.2, 0) is 0 Å². The molecule has 0 aliphatic carbocycles. The van der Waals surface area contributed by atoms with Gasteiger partial charge in [-0.2, -0.15) is 0 Å². The van der Waals surface area contributed by atoms with Crippen LogP contribution in [-0.4, -0.2) is 12.9 Å². The fraction of sp³-hybridized carbons (Fsp3) is 0.188. The number of ether oxygens (including phenoxy) is 2. The number of rotatable bonds is 2. The molecule has 1 unspecified atom stereocenters. The van der Waals surface area contributed by atoms with E-state index in [1.165, 1.54) is 0 Å². The highest BCUT2D eigenvalue weighted by Gasteiger charge is 2.28. The smallest absolute Gasteiger partial charge is 0.170 e. The molecule has 0 saturated heterocycles. The summed E-state index contributed by atoms with van der Waals surface area (Å²) in [5, 5.41) is 0. The van der Waals surface area contributed by atoms with E-state index in [2.05, 4.69) is 15.9 Å². The topological polar surface area (TPSA) is 35.5 Å². The number of fused-ring (bicyclic) bond motifs is 1. The molecule has 1 atom stereocenters. The Hall–Kier alpha value is -1.81. The Bertz CT molecular complexity index is 667. The molecule has 0 radical (unpaired) electrons. The molecule has 0 N–H and O–H groups in total. The van der Waals surface area contributed by atoms with Gasteiger partial charge in [-0.1, -0.05) is 34.1 Å². The van der Waals surface area contributed by atoms with Crippen molar-refractivity contribution in [2.45, 2.75) is 12.5 Å². The summed E-state index contributed by atoms with van der Waals surface area (Å²) in [7, 11) is 1.59. The molecule has 0 amide bonds. The second-order valence-corrected chi connectivity index (χ2v) is 5.47. The van der Waals surface area contributed by atoms with Crippen molar-refractivity contribution in [3.8, 4) is 11.5 Å². The van der Waals surface area contributed by atoms with Crippen LogP contribution >= 0.6 is 15.9 Å². The molecule has 0 spiro atoms. The lowest BCUT2D eigenvalue weighted by molar-refractivity contribution is 0.0849. The minimum Gasteiger partial charge on any atom is -0.497 e. The molecule has 3 nitrogen and oxygen atoms in total. The third-order valence-corrected chi connectivity index (χ3v) is 4.10. The SMILES string of the molecule is COc1ccc2c(c1)OC(c1ccccc1Br)CC2=O. The molecule has 1 aliphatic heterocycles. The third kappa shape index (κ3) is 2.31. The second kappa shape index (κ2) is 5.29. The van der Waals surface area contributed by atoms with Gasteiger partial charge in [0.15, 0.2) is 5.78 Å². The van der Waals surface area contributed by atoms with Gasteiger partial charge < -0.3 is 9.47 Å². The molecule has 4 heteroatoms. The predicted molar refractivity (Wildman–Crippen MR) is 79.5 cm³/mol. The minimum absolute atomic E-state index is 0.0923. The highest BCUT2D eigenvalue weighted by Crippen LogP contribution is 2.38. The van der Waals surface area contributed by atoms with Crippen LogP contribution in [0.1, 0.15) is 28.4 Å². The Kier molecular flexibility index (Phi) is 3.49. The zero-order valence-electron chi connectivity index (χ0n) is 10.9.